The summed E-state index contributed by atoms with van der Waals surface area (Å²) in [4.78, 5) is 7.27. The summed E-state index contributed by atoms with van der Waals surface area (Å²) < 4.78 is 6.32. The van der Waals surface area contributed by atoms with Crippen LogP contribution >= 0.6 is 0 Å². The van der Waals surface area contributed by atoms with Crippen LogP contribution in [-0.2, 0) is 16.8 Å². The highest BCUT2D eigenvalue weighted by molar-refractivity contribution is 5.80. The van der Waals surface area contributed by atoms with Gasteiger partial charge in [0.1, 0.15) is 11.4 Å². The van der Waals surface area contributed by atoms with Crippen LogP contribution < -0.4 is 4.90 Å². The maximum absolute atomic E-state index is 6.32. The molecule has 0 radical (unpaired) electrons. The van der Waals surface area contributed by atoms with E-state index in [1.165, 1.54) is 16.5 Å². The highest BCUT2D eigenvalue weighted by atomic mass is 16.5. The molecule has 0 saturated carbocycles. The molecule has 1 aliphatic heterocycles. The maximum Gasteiger partial charge on any atom is 0.129 e. The second-order valence-electron chi connectivity index (χ2n) is 6.78. The van der Waals surface area contributed by atoms with Gasteiger partial charge >= 0.3 is 0 Å². The van der Waals surface area contributed by atoms with Crippen molar-refractivity contribution < 1.29 is 4.74 Å². The van der Waals surface area contributed by atoms with E-state index in [-0.39, 0.29) is 5.60 Å². The van der Waals surface area contributed by atoms with Crippen LogP contribution in [0.2, 0.25) is 0 Å². The number of rotatable bonds is 1. The number of fused-ring (bicyclic) bond motifs is 3. The second kappa shape index (κ2) is 5.32. The number of morpholine rings is 1. The van der Waals surface area contributed by atoms with E-state index in [9.17, 15) is 0 Å². The number of benzene rings is 2. The van der Waals surface area contributed by atoms with E-state index in [0.717, 1.165) is 43.9 Å². The summed E-state index contributed by atoms with van der Waals surface area (Å²) in [5.41, 5.74) is 3.70. The third-order valence-electron chi connectivity index (χ3n) is 5.40. The Morgan fingerprint density at radius 2 is 1.83 bits per heavy atom. The lowest BCUT2D eigenvalue weighted by molar-refractivity contribution is -0.0594. The van der Waals surface area contributed by atoms with Crippen molar-refractivity contribution in [3.8, 4) is 0 Å². The number of pyridine rings is 1. The third kappa shape index (κ3) is 2.12. The van der Waals surface area contributed by atoms with E-state index in [0.29, 0.717) is 0 Å². The van der Waals surface area contributed by atoms with Gasteiger partial charge in [0.05, 0.1) is 18.7 Å². The Hall–Kier alpha value is -2.39. The zero-order chi connectivity index (χ0) is 16.0. The Bertz CT molecular complexity index is 903. The molecule has 24 heavy (non-hydrogen) atoms. The molecule has 5 rings (SSSR count). The van der Waals surface area contributed by atoms with Crippen LogP contribution in [0, 0.1) is 0 Å². The van der Waals surface area contributed by atoms with Crippen molar-refractivity contribution in [2.24, 2.45) is 0 Å². The first-order valence-electron chi connectivity index (χ1n) is 8.67. The van der Waals surface area contributed by atoms with E-state index in [2.05, 4.69) is 59.5 Å². The smallest absolute Gasteiger partial charge is 0.129 e. The van der Waals surface area contributed by atoms with Crippen LogP contribution in [0.25, 0.3) is 10.9 Å². The number of hydrogen-bond donors (Lipinski definition) is 0. The van der Waals surface area contributed by atoms with Crippen molar-refractivity contribution in [3.05, 3.63) is 71.8 Å². The topological polar surface area (TPSA) is 25.4 Å². The first-order valence-corrected chi connectivity index (χ1v) is 8.67. The first-order chi connectivity index (χ1) is 11.8. The molecule has 0 amide bonds. The number of para-hydroxylation sites is 1. The Labute approximate surface area is 141 Å². The molecule has 3 nitrogen and oxygen atoms in total. The van der Waals surface area contributed by atoms with Crippen LogP contribution in [0.5, 0.6) is 0 Å². The fraction of sp³-hybridized carbons (Fsp3) is 0.286. The largest absolute Gasteiger partial charge is 0.367 e. The van der Waals surface area contributed by atoms with Crippen molar-refractivity contribution in [1.29, 1.82) is 0 Å². The van der Waals surface area contributed by atoms with E-state index in [1.54, 1.807) is 0 Å². The van der Waals surface area contributed by atoms with Gasteiger partial charge in [-0.25, -0.2) is 4.98 Å². The predicted octanol–water partition coefficient (Wildman–Crippen LogP) is 3.91. The average molecular weight is 316 g/mol. The highest BCUT2D eigenvalue weighted by Gasteiger charge is 2.43. The lowest BCUT2D eigenvalue weighted by atomic mass is 9.93. The molecular formula is C21H20N2O. The predicted molar refractivity (Wildman–Crippen MR) is 96.3 cm³/mol. The quantitative estimate of drug-likeness (QED) is 0.680. The van der Waals surface area contributed by atoms with E-state index in [4.69, 9.17) is 9.72 Å². The molecular weight excluding hydrogens is 296 g/mol. The molecule has 1 unspecified atom stereocenters. The minimum atomic E-state index is -0.165. The molecule has 0 N–H and O–H groups in total. The van der Waals surface area contributed by atoms with Crippen LogP contribution in [0.1, 0.15) is 17.5 Å². The molecule has 1 fully saturated rings. The van der Waals surface area contributed by atoms with Crippen molar-refractivity contribution >= 4 is 16.7 Å². The molecule has 2 aromatic carbocycles. The molecule has 0 bridgehead atoms. The van der Waals surface area contributed by atoms with Gasteiger partial charge in [0.15, 0.2) is 0 Å². The first kappa shape index (κ1) is 14.0. The second-order valence-corrected chi connectivity index (χ2v) is 6.78. The van der Waals surface area contributed by atoms with Crippen molar-refractivity contribution in [1.82, 2.24) is 4.98 Å². The van der Waals surface area contributed by atoms with Crippen molar-refractivity contribution in [3.63, 3.8) is 0 Å². The van der Waals surface area contributed by atoms with E-state index in [1.807, 2.05) is 6.07 Å². The van der Waals surface area contributed by atoms with Gasteiger partial charge in [0, 0.05) is 11.9 Å². The van der Waals surface area contributed by atoms with Crippen LogP contribution in [0.3, 0.4) is 0 Å². The molecule has 1 aliphatic carbocycles. The Morgan fingerprint density at radius 1 is 0.958 bits per heavy atom. The van der Waals surface area contributed by atoms with Crippen molar-refractivity contribution in [2.75, 3.05) is 24.6 Å². The fourth-order valence-corrected chi connectivity index (χ4v) is 4.18. The summed E-state index contributed by atoms with van der Waals surface area (Å²) in [6.07, 6.45) is 2.17. The van der Waals surface area contributed by atoms with Crippen molar-refractivity contribution in [2.45, 2.75) is 18.4 Å². The molecule has 1 aromatic heterocycles. The summed E-state index contributed by atoms with van der Waals surface area (Å²) in [5.74, 6) is 1.06. The summed E-state index contributed by atoms with van der Waals surface area (Å²) >= 11 is 0. The number of aryl methyl sites for hydroxylation is 1. The van der Waals surface area contributed by atoms with Crippen LogP contribution in [-0.4, -0.2) is 24.7 Å². The standard InChI is InChI=1S/C21H20N2O/c1-3-7-18-16(5-1)11-12-21(18)15-23(13-14-24-21)20-10-9-17-6-2-4-8-19(17)22-20/h1-10H,11-15H2. The Balaban J connectivity index is 1.51. The molecule has 1 spiro atoms. The van der Waals surface area contributed by atoms with Gasteiger partial charge in [-0.3, -0.25) is 0 Å². The summed E-state index contributed by atoms with van der Waals surface area (Å²) in [7, 11) is 0. The monoisotopic (exact) mass is 316 g/mol. The normalized spacial score (nSPS) is 22.9. The zero-order valence-corrected chi connectivity index (χ0v) is 13.6. The molecule has 1 atom stereocenters. The maximum atomic E-state index is 6.32. The lowest BCUT2D eigenvalue weighted by Gasteiger charge is -2.41. The molecule has 3 aromatic rings. The molecule has 2 heterocycles. The summed E-state index contributed by atoms with van der Waals surface area (Å²) in [5, 5.41) is 1.19. The minimum Gasteiger partial charge on any atom is -0.367 e. The fourth-order valence-electron chi connectivity index (χ4n) is 4.18. The van der Waals surface area contributed by atoms with Gasteiger partial charge in [-0.05, 0) is 42.2 Å². The minimum absolute atomic E-state index is 0.165. The van der Waals surface area contributed by atoms with E-state index >= 15 is 0 Å². The Morgan fingerprint density at radius 3 is 2.83 bits per heavy atom. The molecule has 1 saturated heterocycles. The van der Waals surface area contributed by atoms with Gasteiger partial charge in [0.25, 0.3) is 0 Å². The van der Waals surface area contributed by atoms with Crippen LogP contribution in [0.4, 0.5) is 5.82 Å². The van der Waals surface area contributed by atoms with Gasteiger partial charge < -0.3 is 9.64 Å². The number of anilines is 1. The van der Waals surface area contributed by atoms with Gasteiger partial charge in [-0.1, -0.05) is 42.5 Å². The SMILES string of the molecule is c1ccc2c(c1)CCC21CN(c2ccc3ccccc3n2)CCO1. The average Bonchev–Trinajstić information content (AvgIpc) is 3.00. The zero-order valence-electron chi connectivity index (χ0n) is 13.6. The summed E-state index contributed by atoms with van der Waals surface area (Å²) in [6.45, 7) is 2.54. The Kier molecular flexibility index (Phi) is 3.10. The lowest BCUT2D eigenvalue weighted by Crippen LogP contribution is -2.49. The van der Waals surface area contributed by atoms with Crippen LogP contribution in [0.15, 0.2) is 60.7 Å². The highest BCUT2D eigenvalue weighted by Crippen LogP contribution is 2.42. The molecule has 3 heteroatoms. The van der Waals surface area contributed by atoms with Gasteiger partial charge in [0.2, 0.25) is 0 Å². The summed E-state index contributed by atoms with van der Waals surface area (Å²) in [6, 6.07) is 21.3. The van der Waals surface area contributed by atoms with E-state index < -0.39 is 0 Å². The van der Waals surface area contributed by atoms with Gasteiger partial charge in [-0.2, -0.15) is 0 Å². The number of hydrogen-bond acceptors (Lipinski definition) is 3. The third-order valence-corrected chi connectivity index (χ3v) is 5.40. The number of aromatic nitrogens is 1. The molecule has 2 aliphatic rings. The number of nitrogens with zero attached hydrogens (tertiary/aromatic N) is 2. The van der Waals surface area contributed by atoms with Gasteiger partial charge in [-0.15, -0.1) is 0 Å². The number of ether oxygens (including phenoxy) is 1. The molecule has 120 valence electrons.